The highest BCUT2D eigenvalue weighted by Crippen LogP contribution is 2.19. The lowest BCUT2D eigenvalue weighted by Gasteiger charge is -2.22. The Bertz CT molecular complexity index is 142. The molecular formula is C9H19NO2. The molecule has 72 valence electrons. The molecule has 1 saturated carbocycles. The van der Waals surface area contributed by atoms with E-state index in [-0.39, 0.29) is 11.7 Å². The predicted molar refractivity (Wildman–Crippen MR) is 47.6 cm³/mol. The summed E-state index contributed by atoms with van der Waals surface area (Å²) in [5.41, 5.74) is 2.85. The second-order valence-electron chi connectivity index (χ2n) is 4.50. The van der Waals surface area contributed by atoms with Crippen LogP contribution >= 0.6 is 0 Å². The molecule has 3 nitrogen and oxygen atoms in total. The standard InChI is InChI=1S/C9H19NO2/c1-9(2,3)12-10-7-4-5-8(11)6-7/h7-8,10-11H,4-6H2,1-3H3/t7-,8-/m0/s1. The molecule has 1 aliphatic rings. The summed E-state index contributed by atoms with van der Waals surface area (Å²) in [6.07, 6.45) is 2.59. The van der Waals surface area contributed by atoms with Gasteiger partial charge >= 0.3 is 0 Å². The van der Waals surface area contributed by atoms with Crippen LogP contribution in [-0.2, 0) is 4.84 Å². The van der Waals surface area contributed by atoms with E-state index in [1.165, 1.54) is 0 Å². The van der Waals surface area contributed by atoms with Crippen molar-refractivity contribution in [3.63, 3.8) is 0 Å². The second-order valence-corrected chi connectivity index (χ2v) is 4.50. The fraction of sp³-hybridized carbons (Fsp3) is 1.00. The topological polar surface area (TPSA) is 41.5 Å². The third-order valence-corrected chi connectivity index (χ3v) is 1.94. The van der Waals surface area contributed by atoms with Crippen LogP contribution in [0.3, 0.4) is 0 Å². The molecule has 0 aromatic carbocycles. The van der Waals surface area contributed by atoms with Crippen LogP contribution in [0.25, 0.3) is 0 Å². The average Bonchev–Trinajstić information content (AvgIpc) is 2.30. The summed E-state index contributed by atoms with van der Waals surface area (Å²) in [7, 11) is 0. The van der Waals surface area contributed by atoms with Crippen LogP contribution in [0.1, 0.15) is 40.0 Å². The molecule has 0 bridgehead atoms. The number of hydrogen-bond acceptors (Lipinski definition) is 3. The molecule has 0 aliphatic heterocycles. The second kappa shape index (κ2) is 3.73. The Morgan fingerprint density at radius 3 is 2.42 bits per heavy atom. The number of aliphatic hydroxyl groups excluding tert-OH is 1. The van der Waals surface area contributed by atoms with Crippen LogP contribution in [0.2, 0.25) is 0 Å². The number of nitrogens with one attached hydrogen (secondary N) is 1. The van der Waals surface area contributed by atoms with Gasteiger partial charge in [0.1, 0.15) is 0 Å². The predicted octanol–water partition coefficient (Wildman–Crippen LogP) is 1.22. The van der Waals surface area contributed by atoms with E-state index in [4.69, 9.17) is 4.84 Å². The third kappa shape index (κ3) is 3.52. The molecule has 0 amide bonds. The minimum absolute atomic E-state index is 0.133. The van der Waals surface area contributed by atoms with Gasteiger partial charge < -0.3 is 5.11 Å². The Labute approximate surface area is 74.1 Å². The van der Waals surface area contributed by atoms with Gasteiger partial charge in [-0.25, -0.2) is 0 Å². The highest BCUT2D eigenvalue weighted by Gasteiger charge is 2.24. The molecule has 0 heterocycles. The summed E-state index contributed by atoms with van der Waals surface area (Å²) in [6.45, 7) is 6.02. The molecule has 0 radical (unpaired) electrons. The van der Waals surface area contributed by atoms with Gasteiger partial charge in [-0.2, -0.15) is 5.48 Å². The molecule has 2 atom stereocenters. The van der Waals surface area contributed by atoms with Gasteiger partial charge in [0.15, 0.2) is 0 Å². The van der Waals surface area contributed by atoms with Crippen LogP contribution in [0.4, 0.5) is 0 Å². The Morgan fingerprint density at radius 1 is 1.33 bits per heavy atom. The van der Waals surface area contributed by atoms with Crippen molar-refractivity contribution in [2.75, 3.05) is 0 Å². The van der Waals surface area contributed by atoms with Gasteiger partial charge in [-0.1, -0.05) is 0 Å². The first kappa shape index (κ1) is 9.96. The van der Waals surface area contributed by atoms with Gasteiger partial charge in [0, 0.05) is 6.04 Å². The molecule has 1 fully saturated rings. The first-order valence-electron chi connectivity index (χ1n) is 4.59. The average molecular weight is 173 g/mol. The van der Waals surface area contributed by atoms with Gasteiger partial charge in [0.05, 0.1) is 11.7 Å². The molecule has 3 heteroatoms. The quantitative estimate of drug-likeness (QED) is 0.617. The molecule has 2 N–H and O–H groups in total. The van der Waals surface area contributed by atoms with Crippen LogP contribution in [0, 0.1) is 0 Å². The minimum Gasteiger partial charge on any atom is -0.393 e. The Kier molecular flexibility index (Phi) is 3.09. The molecular weight excluding hydrogens is 154 g/mol. The van der Waals surface area contributed by atoms with E-state index >= 15 is 0 Å². The zero-order chi connectivity index (χ0) is 9.19. The summed E-state index contributed by atoms with van der Waals surface area (Å²) >= 11 is 0. The fourth-order valence-electron chi connectivity index (χ4n) is 1.32. The summed E-state index contributed by atoms with van der Waals surface area (Å²) in [5, 5.41) is 9.23. The van der Waals surface area contributed by atoms with Crippen LogP contribution in [-0.4, -0.2) is 22.9 Å². The summed E-state index contributed by atoms with van der Waals surface area (Å²) < 4.78 is 0. The Balaban J connectivity index is 2.16. The van der Waals surface area contributed by atoms with Gasteiger partial charge in [0.25, 0.3) is 0 Å². The van der Waals surface area contributed by atoms with E-state index in [9.17, 15) is 5.11 Å². The number of hydrogen-bond donors (Lipinski definition) is 2. The number of rotatable bonds is 2. The van der Waals surface area contributed by atoms with Crippen molar-refractivity contribution >= 4 is 0 Å². The molecule has 0 aromatic heterocycles. The van der Waals surface area contributed by atoms with Crippen molar-refractivity contribution < 1.29 is 9.94 Å². The highest BCUT2D eigenvalue weighted by atomic mass is 16.7. The zero-order valence-electron chi connectivity index (χ0n) is 8.13. The lowest BCUT2D eigenvalue weighted by Crippen LogP contribution is -2.35. The first-order valence-corrected chi connectivity index (χ1v) is 4.59. The highest BCUT2D eigenvalue weighted by molar-refractivity contribution is 4.77. The van der Waals surface area contributed by atoms with Gasteiger partial charge in [-0.05, 0) is 40.0 Å². The Morgan fingerprint density at radius 2 is 2.00 bits per heavy atom. The van der Waals surface area contributed by atoms with Crippen molar-refractivity contribution in [3.8, 4) is 0 Å². The Hall–Kier alpha value is -0.120. The van der Waals surface area contributed by atoms with Crippen molar-refractivity contribution in [2.24, 2.45) is 0 Å². The maximum absolute atomic E-state index is 9.23. The van der Waals surface area contributed by atoms with Crippen molar-refractivity contribution in [1.29, 1.82) is 0 Å². The molecule has 0 spiro atoms. The molecule has 0 unspecified atom stereocenters. The van der Waals surface area contributed by atoms with Gasteiger partial charge in [-0.15, -0.1) is 0 Å². The van der Waals surface area contributed by atoms with Crippen LogP contribution < -0.4 is 5.48 Å². The van der Waals surface area contributed by atoms with Crippen molar-refractivity contribution in [2.45, 2.75) is 57.8 Å². The van der Waals surface area contributed by atoms with Gasteiger partial charge in [0.2, 0.25) is 0 Å². The van der Waals surface area contributed by atoms with Crippen molar-refractivity contribution in [1.82, 2.24) is 5.48 Å². The van der Waals surface area contributed by atoms with E-state index in [0.717, 1.165) is 19.3 Å². The van der Waals surface area contributed by atoms with E-state index in [1.54, 1.807) is 0 Å². The maximum Gasteiger partial charge on any atom is 0.0813 e. The minimum atomic E-state index is -0.145. The summed E-state index contributed by atoms with van der Waals surface area (Å²) in [6, 6.07) is 0.333. The van der Waals surface area contributed by atoms with Crippen LogP contribution in [0.15, 0.2) is 0 Å². The number of aliphatic hydroxyl groups is 1. The fourth-order valence-corrected chi connectivity index (χ4v) is 1.32. The van der Waals surface area contributed by atoms with Gasteiger partial charge in [-0.3, -0.25) is 4.84 Å². The monoisotopic (exact) mass is 173 g/mol. The normalized spacial score (nSPS) is 31.0. The smallest absolute Gasteiger partial charge is 0.0813 e. The first-order chi connectivity index (χ1) is 5.47. The SMILES string of the molecule is CC(C)(C)ON[C@H]1CC[C@H](O)C1. The number of hydroxylamine groups is 1. The molecule has 0 aromatic rings. The summed E-state index contributed by atoms with van der Waals surface area (Å²) in [5.74, 6) is 0. The van der Waals surface area contributed by atoms with Crippen LogP contribution in [0.5, 0.6) is 0 Å². The molecule has 1 rings (SSSR count). The van der Waals surface area contributed by atoms with E-state index < -0.39 is 0 Å². The molecule has 12 heavy (non-hydrogen) atoms. The molecule has 0 saturated heterocycles. The largest absolute Gasteiger partial charge is 0.393 e. The molecule has 1 aliphatic carbocycles. The zero-order valence-corrected chi connectivity index (χ0v) is 8.13. The summed E-state index contributed by atoms with van der Waals surface area (Å²) in [4.78, 5) is 5.40. The van der Waals surface area contributed by atoms with E-state index in [0.29, 0.717) is 6.04 Å². The maximum atomic E-state index is 9.23. The lowest BCUT2D eigenvalue weighted by molar-refractivity contribution is -0.0884. The third-order valence-electron chi connectivity index (χ3n) is 1.94. The van der Waals surface area contributed by atoms with Crippen molar-refractivity contribution in [3.05, 3.63) is 0 Å². The van der Waals surface area contributed by atoms with E-state index in [1.807, 2.05) is 20.8 Å². The lowest BCUT2D eigenvalue weighted by atomic mass is 10.2. The van der Waals surface area contributed by atoms with E-state index in [2.05, 4.69) is 5.48 Å².